The minimum Gasteiger partial charge on any atom is -0.366 e. The number of amides is 3. The van der Waals surface area contributed by atoms with Crippen LogP contribution >= 0.6 is 11.8 Å². The maximum absolute atomic E-state index is 14.0. The van der Waals surface area contributed by atoms with Gasteiger partial charge in [0.2, 0.25) is 11.8 Å². The highest BCUT2D eigenvalue weighted by Crippen LogP contribution is 2.33. The Balaban J connectivity index is 1.35. The number of thioether (sulfide) groups is 1. The van der Waals surface area contributed by atoms with Crippen molar-refractivity contribution < 1.29 is 18.8 Å². The molecule has 4 rings (SSSR count). The summed E-state index contributed by atoms with van der Waals surface area (Å²) in [5, 5.41) is -1.07. The van der Waals surface area contributed by atoms with Crippen molar-refractivity contribution in [3.8, 4) is 0 Å². The number of piperazine rings is 1. The van der Waals surface area contributed by atoms with Gasteiger partial charge in [-0.1, -0.05) is 30.3 Å². The van der Waals surface area contributed by atoms with E-state index in [1.165, 1.54) is 6.07 Å². The van der Waals surface area contributed by atoms with E-state index in [0.29, 0.717) is 37.6 Å². The molecule has 6 nitrogen and oxygen atoms in total. The molecule has 0 N–H and O–H groups in total. The maximum atomic E-state index is 14.0. The van der Waals surface area contributed by atoms with E-state index in [2.05, 4.69) is 0 Å². The highest BCUT2D eigenvalue weighted by Gasteiger charge is 2.42. The third-order valence-corrected chi connectivity index (χ3v) is 6.16. The summed E-state index contributed by atoms with van der Waals surface area (Å²) in [5.41, 5.74) is 1.05. The van der Waals surface area contributed by atoms with Gasteiger partial charge in [-0.2, -0.15) is 0 Å². The van der Waals surface area contributed by atoms with Crippen LogP contribution in [0.4, 0.5) is 20.6 Å². The predicted octanol–water partition coefficient (Wildman–Crippen LogP) is 3.13. The first-order chi connectivity index (χ1) is 14.0. The van der Waals surface area contributed by atoms with Gasteiger partial charge in [-0.05, 0) is 36.0 Å². The van der Waals surface area contributed by atoms with Gasteiger partial charge in [0.15, 0.2) is 0 Å². The number of imide groups is 1. The summed E-state index contributed by atoms with van der Waals surface area (Å²) in [7, 11) is 0. The molecule has 1 atom stereocenters. The molecule has 3 amide bonds. The molecule has 0 saturated carbocycles. The average molecular weight is 413 g/mol. The molecule has 2 aliphatic heterocycles. The number of benzene rings is 2. The number of para-hydroxylation sites is 2. The van der Waals surface area contributed by atoms with Crippen LogP contribution in [0.2, 0.25) is 0 Å². The van der Waals surface area contributed by atoms with Gasteiger partial charge in [-0.25, -0.2) is 9.29 Å². The number of hydrogen-bond acceptors (Lipinski definition) is 5. The fraction of sp³-hybridized carbons (Fsp3) is 0.286. The third-order valence-electron chi connectivity index (χ3n) is 5.12. The molecule has 0 bridgehead atoms. The van der Waals surface area contributed by atoms with E-state index < -0.39 is 5.25 Å². The normalized spacial score (nSPS) is 19.8. The molecule has 0 spiro atoms. The molecule has 2 heterocycles. The van der Waals surface area contributed by atoms with Crippen molar-refractivity contribution in [2.45, 2.75) is 11.7 Å². The Bertz CT molecular complexity index is 932. The largest absolute Gasteiger partial charge is 0.366 e. The second-order valence-electron chi connectivity index (χ2n) is 6.90. The van der Waals surface area contributed by atoms with Crippen LogP contribution < -0.4 is 9.80 Å². The van der Waals surface area contributed by atoms with Crippen molar-refractivity contribution >= 4 is 40.2 Å². The average Bonchev–Trinajstić information content (AvgIpc) is 3.02. The number of rotatable bonds is 4. The lowest BCUT2D eigenvalue weighted by Crippen LogP contribution is -2.49. The summed E-state index contributed by atoms with van der Waals surface area (Å²) < 4.78 is 14.0. The SMILES string of the molecule is O=C(C[C@H]1SC(=O)N(c2ccccc2)C1=O)N1CCN(c2ccccc2F)CC1. The minimum atomic E-state index is -0.709. The van der Waals surface area contributed by atoms with Crippen molar-refractivity contribution in [2.75, 3.05) is 36.0 Å². The van der Waals surface area contributed by atoms with Crippen molar-refractivity contribution in [1.29, 1.82) is 0 Å². The molecule has 29 heavy (non-hydrogen) atoms. The maximum Gasteiger partial charge on any atom is 0.293 e. The van der Waals surface area contributed by atoms with E-state index in [1.807, 2.05) is 11.0 Å². The molecule has 0 aromatic heterocycles. The summed E-state index contributed by atoms with van der Waals surface area (Å²) in [6, 6.07) is 15.3. The molecule has 2 fully saturated rings. The molecule has 2 aromatic carbocycles. The Morgan fingerprint density at radius 3 is 2.31 bits per heavy atom. The second kappa shape index (κ2) is 8.24. The fourth-order valence-electron chi connectivity index (χ4n) is 3.59. The highest BCUT2D eigenvalue weighted by molar-refractivity contribution is 8.15. The third kappa shape index (κ3) is 3.98. The van der Waals surface area contributed by atoms with E-state index in [4.69, 9.17) is 0 Å². The number of carbonyl (C=O) groups excluding carboxylic acids is 3. The van der Waals surface area contributed by atoms with Gasteiger partial charge in [0.05, 0.1) is 11.4 Å². The van der Waals surface area contributed by atoms with Crippen LogP contribution in [0.25, 0.3) is 0 Å². The highest BCUT2D eigenvalue weighted by atomic mass is 32.2. The zero-order chi connectivity index (χ0) is 20.4. The first-order valence-corrected chi connectivity index (χ1v) is 10.3. The van der Waals surface area contributed by atoms with Crippen LogP contribution in [-0.4, -0.2) is 53.4 Å². The Labute approximate surface area is 172 Å². The van der Waals surface area contributed by atoms with Crippen molar-refractivity contribution in [3.63, 3.8) is 0 Å². The second-order valence-corrected chi connectivity index (χ2v) is 8.06. The molecule has 150 valence electrons. The summed E-state index contributed by atoms with van der Waals surface area (Å²) in [6.45, 7) is 1.95. The van der Waals surface area contributed by atoms with Gasteiger partial charge in [-0.3, -0.25) is 14.4 Å². The van der Waals surface area contributed by atoms with Crippen LogP contribution in [0, 0.1) is 5.82 Å². The molecule has 8 heteroatoms. The van der Waals surface area contributed by atoms with Crippen molar-refractivity contribution in [1.82, 2.24) is 4.90 Å². The zero-order valence-corrected chi connectivity index (χ0v) is 16.5. The lowest BCUT2D eigenvalue weighted by atomic mass is 10.2. The fourth-order valence-corrected chi connectivity index (χ4v) is 4.57. The van der Waals surface area contributed by atoms with Gasteiger partial charge in [0.1, 0.15) is 11.1 Å². The molecule has 2 aromatic rings. The van der Waals surface area contributed by atoms with E-state index in [-0.39, 0.29) is 29.3 Å². The lowest BCUT2D eigenvalue weighted by Gasteiger charge is -2.36. The van der Waals surface area contributed by atoms with Gasteiger partial charge in [0.25, 0.3) is 5.24 Å². The smallest absolute Gasteiger partial charge is 0.293 e. The quantitative estimate of drug-likeness (QED) is 0.771. The molecular formula is C21H20FN3O3S. The van der Waals surface area contributed by atoms with Gasteiger partial charge >= 0.3 is 0 Å². The first kappa shape index (κ1) is 19.4. The zero-order valence-electron chi connectivity index (χ0n) is 15.7. The number of nitrogens with zero attached hydrogens (tertiary/aromatic N) is 3. The Morgan fingerprint density at radius 1 is 0.966 bits per heavy atom. The van der Waals surface area contributed by atoms with Crippen LogP contribution in [0.3, 0.4) is 0 Å². The number of hydrogen-bond donors (Lipinski definition) is 0. The number of halogens is 1. The summed E-state index contributed by atoms with van der Waals surface area (Å²) >= 11 is 0.898. The summed E-state index contributed by atoms with van der Waals surface area (Å²) in [5.74, 6) is -0.795. The van der Waals surface area contributed by atoms with Crippen molar-refractivity contribution in [2.24, 2.45) is 0 Å². The van der Waals surface area contributed by atoms with Crippen LogP contribution in [-0.2, 0) is 9.59 Å². The Kier molecular flexibility index (Phi) is 5.53. The molecule has 2 aliphatic rings. The van der Waals surface area contributed by atoms with E-state index in [9.17, 15) is 18.8 Å². The minimum absolute atomic E-state index is 0.0156. The van der Waals surface area contributed by atoms with Crippen LogP contribution in [0.5, 0.6) is 0 Å². The topological polar surface area (TPSA) is 60.9 Å². The van der Waals surface area contributed by atoms with E-state index in [1.54, 1.807) is 47.4 Å². The molecule has 2 saturated heterocycles. The van der Waals surface area contributed by atoms with E-state index in [0.717, 1.165) is 16.7 Å². The van der Waals surface area contributed by atoms with Gasteiger partial charge in [-0.15, -0.1) is 0 Å². The van der Waals surface area contributed by atoms with E-state index >= 15 is 0 Å². The van der Waals surface area contributed by atoms with Crippen LogP contribution in [0.15, 0.2) is 54.6 Å². The Morgan fingerprint density at radius 2 is 1.62 bits per heavy atom. The number of anilines is 2. The predicted molar refractivity (Wildman–Crippen MR) is 111 cm³/mol. The van der Waals surface area contributed by atoms with Gasteiger partial charge < -0.3 is 9.80 Å². The molecule has 0 radical (unpaired) electrons. The number of carbonyl (C=O) groups is 3. The summed E-state index contributed by atoms with van der Waals surface area (Å²) in [4.78, 5) is 42.4. The van der Waals surface area contributed by atoms with Gasteiger partial charge in [0, 0.05) is 32.6 Å². The Hall–Kier alpha value is -2.87. The summed E-state index contributed by atoms with van der Waals surface area (Å²) in [6.07, 6.45) is -0.0156. The standard InChI is InChI=1S/C21H20FN3O3S/c22-16-8-4-5-9-17(16)23-10-12-24(13-11-23)19(26)14-18-20(27)25(21(28)29-18)15-6-2-1-3-7-15/h1-9,18H,10-14H2/t18-/m1/s1. The van der Waals surface area contributed by atoms with Crippen molar-refractivity contribution in [3.05, 3.63) is 60.4 Å². The molecule has 0 aliphatic carbocycles. The van der Waals surface area contributed by atoms with Crippen LogP contribution in [0.1, 0.15) is 6.42 Å². The first-order valence-electron chi connectivity index (χ1n) is 9.41. The molecule has 0 unspecified atom stereocenters. The lowest BCUT2D eigenvalue weighted by molar-refractivity contribution is -0.133. The molecular weight excluding hydrogens is 393 g/mol. The monoisotopic (exact) mass is 413 g/mol.